The Bertz CT molecular complexity index is 406. The van der Waals surface area contributed by atoms with E-state index in [0.29, 0.717) is 17.8 Å². The third-order valence-electron chi connectivity index (χ3n) is 3.27. The third-order valence-corrected chi connectivity index (χ3v) is 3.27. The lowest BCUT2D eigenvalue weighted by atomic mass is 10.3. The van der Waals surface area contributed by atoms with E-state index in [-0.39, 0.29) is 5.82 Å². The lowest BCUT2D eigenvalue weighted by Gasteiger charge is -2.24. The van der Waals surface area contributed by atoms with E-state index in [4.69, 9.17) is 0 Å². The van der Waals surface area contributed by atoms with E-state index in [0.717, 1.165) is 45.2 Å². The van der Waals surface area contributed by atoms with Crippen molar-refractivity contribution >= 4 is 11.8 Å². The minimum absolute atomic E-state index is 0.315. The molecular weight excluding hydrogens is 243 g/mol. The van der Waals surface area contributed by atoms with E-state index in [2.05, 4.69) is 34.0 Å². The summed E-state index contributed by atoms with van der Waals surface area (Å²) in [7, 11) is 0. The second-order valence-electron chi connectivity index (χ2n) is 5.07. The quantitative estimate of drug-likeness (QED) is 0.784. The van der Waals surface area contributed by atoms with Gasteiger partial charge >= 0.3 is 0 Å². The van der Waals surface area contributed by atoms with Crippen LogP contribution in [0, 0.1) is 5.82 Å². The van der Waals surface area contributed by atoms with Gasteiger partial charge in [-0.2, -0.15) is 4.98 Å². The van der Waals surface area contributed by atoms with Gasteiger partial charge in [-0.3, -0.25) is 0 Å². The van der Waals surface area contributed by atoms with Crippen molar-refractivity contribution in [3.63, 3.8) is 0 Å². The summed E-state index contributed by atoms with van der Waals surface area (Å²) in [6.07, 6.45) is 6.74. The fourth-order valence-electron chi connectivity index (χ4n) is 2.06. The van der Waals surface area contributed by atoms with Gasteiger partial charge in [0.15, 0.2) is 11.6 Å². The largest absolute Gasteiger partial charge is 0.354 e. The molecule has 1 aromatic heterocycles. The predicted molar refractivity (Wildman–Crippen MR) is 76.0 cm³/mol. The highest BCUT2D eigenvalue weighted by Gasteiger charge is 2.31. The Hall–Kier alpha value is -1.39. The van der Waals surface area contributed by atoms with Gasteiger partial charge in [-0.25, -0.2) is 9.37 Å². The standard InChI is InChI=1S/C14H23FN4/c1-3-5-9-19(11-6-7-11)13-12(15)10-17-14(18-13)16-8-4-2/h10-11H,3-9H2,1-2H3,(H,16,17,18). The topological polar surface area (TPSA) is 41.1 Å². The predicted octanol–water partition coefficient (Wildman–Crippen LogP) is 3.21. The molecule has 1 saturated carbocycles. The van der Waals surface area contributed by atoms with Crippen molar-refractivity contribution in [3.05, 3.63) is 12.0 Å². The van der Waals surface area contributed by atoms with Crippen molar-refractivity contribution in [2.75, 3.05) is 23.3 Å². The molecule has 0 unspecified atom stereocenters. The van der Waals surface area contributed by atoms with E-state index < -0.39 is 0 Å². The number of hydrogen-bond acceptors (Lipinski definition) is 4. The number of anilines is 2. The Labute approximate surface area is 114 Å². The minimum atomic E-state index is -0.315. The summed E-state index contributed by atoms with van der Waals surface area (Å²) in [6, 6.07) is 0.468. The lowest BCUT2D eigenvalue weighted by molar-refractivity contribution is 0.594. The number of halogens is 1. The maximum absolute atomic E-state index is 14.0. The molecule has 0 aliphatic heterocycles. The number of rotatable bonds is 8. The average molecular weight is 266 g/mol. The summed E-state index contributed by atoms with van der Waals surface area (Å²) in [5, 5.41) is 3.12. The molecule has 0 amide bonds. The molecule has 2 rings (SSSR count). The molecule has 106 valence electrons. The molecule has 19 heavy (non-hydrogen) atoms. The second-order valence-corrected chi connectivity index (χ2v) is 5.07. The van der Waals surface area contributed by atoms with Crippen LogP contribution in [-0.4, -0.2) is 29.1 Å². The molecule has 1 aromatic rings. The Balaban J connectivity index is 2.14. The first-order valence-corrected chi connectivity index (χ1v) is 7.29. The van der Waals surface area contributed by atoms with Crippen LogP contribution in [0.5, 0.6) is 0 Å². The van der Waals surface area contributed by atoms with Gasteiger partial charge in [0.05, 0.1) is 6.20 Å². The molecule has 1 fully saturated rings. The number of aromatic nitrogens is 2. The van der Waals surface area contributed by atoms with Crippen molar-refractivity contribution in [1.82, 2.24) is 9.97 Å². The summed E-state index contributed by atoms with van der Waals surface area (Å²) < 4.78 is 14.0. The molecule has 0 bridgehead atoms. The maximum Gasteiger partial charge on any atom is 0.224 e. The Morgan fingerprint density at radius 3 is 2.79 bits per heavy atom. The molecule has 0 aromatic carbocycles. The third kappa shape index (κ3) is 3.78. The normalized spacial score (nSPS) is 14.5. The van der Waals surface area contributed by atoms with Crippen LogP contribution in [-0.2, 0) is 0 Å². The van der Waals surface area contributed by atoms with Crippen molar-refractivity contribution in [1.29, 1.82) is 0 Å². The van der Waals surface area contributed by atoms with E-state index >= 15 is 0 Å². The van der Waals surface area contributed by atoms with Gasteiger partial charge in [0.2, 0.25) is 5.95 Å². The second kappa shape index (κ2) is 6.68. The van der Waals surface area contributed by atoms with Gasteiger partial charge in [0, 0.05) is 19.1 Å². The molecule has 1 N–H and O–H groups in total. The number of unbranched alkanes of at least 4 members (excludes halogenated alkanes) is 1. The summed E-state index contributed by atoms with van der Waals surface area (Å²) >= 11 is 0. The number of nitrogens with one attached hydrogen (secondary N) is 1. The van der Waals surface area contributed by atoms with Crippen LogP contribution in [0.1, 0.15) is 46.0 Å². The molecule has 0 atom stereocenters. The van der Waals surface area contributed by atoms with Crippen LogP contribution < -0.4 is 10.2 Å². The number of nitrogens with zero attached hydrogens (tertiary/aromatic N) is 3. The summed E-state index contributed by atoms with van der Waals surface area (Å²) in [6.45, 7) is 5.91. The molecule has 1 heterocycles. The Kier molecular flexibility index (Phi) is 4.93. The zero-order valence-corrected chi connectivity index (χ0v) is 11.8. The lowest BCUT2D eigenvalue weighted by Crippen LogP contribution is -2.29. The molecule has 0 saturated heterocycles. The van der Waals surface area contributed by atoms with E-state index in [1.54, 1.807) is 0 Å². The van der Waals surface area contributed by atoms with Gasteiger partial charge in [-0.05, 0) is 25.7 Å². The monoisotopic (exact) mass is 266 g/mol. The summed E-state index contributed by atoms with van der Waals surface area (Å²) in [5.41, 5.74) is 0. The molecular formula is C14H23FN4. The van der Waals surface area contributed by atoms with Crippen LogP contribution in [0.15, 0.2) is 6.20 Å². The average Bonchev–Trinajstić information content (AvgIpc) is 3.24. The fraction of sp³-hybridized carbons (Fsp3) is 0.714. The van der Waals surface area contributed by atoms with Gasteiger partial charge in [0.1, 0.15) is 0 Å². The first kappa shape index (κ1) is 14.0. The first-order chi connectivity index (χ1) is 9.26. The highest BCUT2D eigenvalue weighted by molar-refractivity contribution is 5.46. The van der Waals surface area contributed by atoms with Crippen molar-refractivity contribution in [2.45, 2.75) is 52.0 Å². The van der Waals surface area contributed by atoms with E-state index in [1.807, 2.05) is 0 Å². The van der Waals surface area contributed by atoms with E-state index in [1.165, 1.54) is 6.20 Å². The molecule has 0 spiro atoms. The van der Waals surface area contributed by atoms with Gasteiger partial charge in [0.25, 0.3) is 0 Å². The summed E-state index contributed by atoms with van der Waals surface area (Å²) in [5.74, 6) is 0.676. The summed E-state index contributed by atoms with van der Waals surface area (Å²) in [4.78, 5) is 10.5. The Morgan fingerprint density at radius 1 is 1.37 bits per heavy atom. The van der Waals surface area contributed by atoms with Crippen LogP contribution in [0.3, 0.4) is 0 Å². The Morgan fingerprint density at radius 2 is 2.16 bits per heavy atom. The smallest absolute Gasteiger partial charge is 0.224 e. The van der Waals surface area contributed by atoms with Crippen LogP contribution in [0.4, 0.5) is 16.2 Å². The van der Waals surface area contributed by atoms with Crippen LogP contribution >= 0.6 is 0 Å². The van der Waals surface area contributed by atoms with Crippen molar-refractivity contribution in [2.24, 2.45) is 0 Å². The maximum atomic E-state index is 14.0. The van der Waals surface area contributed by atoms with Gasteiger partial charge in [-0.15, -0.1) is 0 Å². The molecule has 1 aliphatic carbocycles. The zero-order valence-electron chi connectivity index (χ0n) is 11.8. The van der Waals surface area contributed by atoms with Gasteiger partial charge < -0.3 is 10.2 Å². The molecule has 1 aliphatic rings. The first-order valence-electron chi connectivity index (χ1n) is 7.29. The van der Waals surface area contributed by atoms with E-state index in [9.17, 15) is 4.39 Å². The highest BCUT2D eigenvalue weighted by Crippen LogP contribution is 2.32. The fourth-order valence-corrected chi connectivity index (χ4v) is 2.06. The number of hydrogen-bond donors (Lipinski definition) is 1. The van der Waals surface area contributed by atoms with Crippen LogP contribution in [0.2, 0.25) is 0 Å². The zero-order chi connectivity index (χ0) is 13.7. The van der Waals surface area contributed by atoms with Gasteiger partial charge in [-0.1, -0.05) is 20.3 Å². The van der Waals surface area contributed by atoms with Crippen molar-refractivity contribution in [3.8, 4) is 0 Å². The minimum Gasteiger partial charge on any atom is -0.354 e. The SMILES string of the molecule is CCCCN(c1nc(NCCC)ncc1F)C1CC1. The molecule has 0 radical (unpaired) electrons. The van der Waals surface area contributed by atoms with Crippen molar-refractivity contribution < 1.29 is 4.39 Å². The molecule has 4 nitrogen and oxygen atoms in total. The van der Waals surface area contributed by atoms with Crippen LogP contribution in [0.25, 0.3) is 0 Å². The molecule has 5 heteroatoms. The highest BCUT2D eigenvalue weighted by atomic mass is 19.1.